The van der Waals surface area contributed by atoms with E-state index in [9.17, 15) is 9.59 Å². The molecule has 0 aliphatic heterocycles. The summed E-state index contributed by atoms with van der Waals surface area (Å²) in [6.45, 7) is 1.40. The van der Waals surface area contributed by atoms with E-state index in [1.165, 1.54) is 19.1 Å². The molecule has 0 radical (unpaired) electrons. The number of rotatable bonds is 4. The number of ether oxygens (including phenoxy) is 2. The average Bonchev–Trinajstić information content (AvgIpc) is 2.85. The summed E-state index contributed by atoms with van der Waals surface area (Å²) >= 11 is 0. The molecular formula is C14H12O5. The summed E-state index contributed by atoms with van der Waals surface area (Å²) in [5.41, 5.74) is 0.877. The third-order valence-electron chi connectivity index (χ3n) is 2.24. The van der Waals surface area contributed by atoms with Crippen molar-refractivity contribution >= 4 is 11.9 Å². The highest BCUT2D eigenvalue weighted by Gasteiger charge is 2.14. The van der Waals surface area contributed by atoms with Gasteiger partial charge in [-0.25, -0.2) is 4.79 Å². The number of hydrogen-bond acceptors (Lipinski definition) is 5. The molecule has 19 heavy (non-hydrogen) atoms. The number of benzene rings is 1. The van der Waals surface area contributed by atoms with Crippen molar-refractivity contribution in [2.24, 2.45) is 0 Å². The molecule has 0 aliphatic rings. The first-order valence-corrected chi connectivity index (χ1v) is 5.64. The van der Waals surface area contributed by atoms with Crippen LogP contribution in [0, 0.1) is 0 Å². The number of esters is 2. The second-order valence-corrected chi connectivity index (χ2v) is 3.77. The topological polar surface area (TPSA) is 65.7 Å². The first kappa shape index (κ1) is 12.9. The summed E-state index contributed by atoms with van der Waals surface area (Å²) in [6, 6.07) is 12.1. The summed E-state index contributed by atoms with van der Waals surface area (Å²) in [7, 11) is 0. The number of hydrogen-bond donors (Lipinski definition) is 0. The number of carbonyl (C=O) groups is 2. The molecule has 2 aromatic rings. The molecule has 2 rings (SSSR count). The lowest BCUT2D eigenvalue weighted by atomic mass is 10.2. The number of carbonyl (C=O) groups excluding carboxylic acids is 2. The summed E-state index contributed by atoms with van der Waals surface area (Å²) in [4.78, 5) is 22.4. The molecule has 0 aliphatic carbocycles. The summed E-state index contributed by atoms with van der Waals surface area (Å²) in [5.74, 6) is -1.16. The van der Waals surface area contributed by atoms with Crippen molar-refractivity contribution in [3.63, 3.8) is 0 Å². The van der Waals surface area contributed by atoms with E-state index in [4.69, 9.17) is 13.9 Å². The molecule has 1 aromatic heterocycles. The van der Waals surface area contributed by atoms with Crippen LogP contribution in [0.1, 0.15) is 23.0 Å². The lowest BCUT2D eigenvalue weighted by Crippen LogP contribution is -2.04. The predicted octanol–water partition coefficient (Wildman–Crippen LogP) is 2.56. The second kappa shape index (κ2) is 5.86. The van der Waals surface area contributed by atoms with Crippen molar-refractivity contribution in [2.75, 3.05) is 0 Å². The van der Waals surface area contributed by atoms with Crippen LogP contribution in [0.15, 0.2) is 46.9 Å². The Balaban J connectivity index is 1.93. The Bertz CT molecular complexity index is 571. The minimum atomic E-state index is -0.609. The van der Waals surface area contributed by atoms with E-state index >= 15 is 0 Å². The van der Waals surface area contributed by atoms with Crippen LogP contribution >= 0.6 is 0 Å². The molecule has 0 spiro atoms. The van der Waals surface area contributed by atoms with Crippen LogP contribution in [-0.4, -0.2) is 11.9 Å². The molecule has 1 heterocycles. The lowest BCUT2D eigenvalue weighted by molar-refractivity contribution is -0.133. The standard InChI is InChI=1S/C14H12O5/c1-10(15)18-13-8-7-12(19-13)14(16)17-9-11-5-3-2-4-6-11/h2-8H,9H2,1H3. The molecule has 0 fully saturated rings. The van der Waals surface area contributed by atoms with Gasteiger partial charge in [0.1, 0.15) is 6.61 Å². The van der Waals surface area contributed by atoms with Gasteiger partial charge in [0.2, 0.25) is 5.76 Å². The van der Waals surface area contributed by atoms with E-state index < -0.39 is 11.9 Å². The normalized spacial score (nSPS) is 9.95. The third kappa shape index (κ3) is 3.70. The molecule has 5 nitrogen and oxygen atoms in total. The Labute approximate surface area is 109 Å². The smallest absolute Gasteiger partial charge is 0.374 e. The van der Waals surface area contributed by atoms with Crippen LogP contribution in [0.25, 0.3) is 0 Å². The highest BCUT2D eigenvalue weighted by atomic mass is 16.6. The van der Waals surface area contributed by atoms with Crippen molar-refractivity contribution < 1.29 is 23.5 Å². The van der Waals surface area contributed by atoms with Crippen molar-refractivity contribution in [3.05, 3.63) is 53.8 Å². The molecule has 0 saturated carbocycles. The molecule has 0 N–H and O–H groups in total. The highest BCUT2D eigenvalue weighted by Crippen LogP contribution is 2.17. The van der Waals surface area contributed by atoms with Crippen molar-refractivity contribution in [1.82, 2.24) is 0 Å². The molecule has 0 amide bonds. The van der Waals surface area contributed by atoms with Crippen LogP contribution in [0.4, 0.5) is 0 Å². The van der Waals surface area contributed by atoms with E-state index in [1.807, 2.05) is 30.3 Å². The van der Waals surface area contributed by atoms with Crippen molar-refractivity contribution in [2.45, 2.75) is 13.5 Å². The van der Waals surface area contributed by atoms with Gasteiger partial charge in [-0.05, 0) is 11.6 Å². The van der Waals surface area contributed by atoms with E-state index in [-0.39, 0.29) is 18.3 Å². The molecule has 0 bridgehead atoms. The fourth-order valence-corrected chi connectivity index (χ4v) is 1.42. The lowest BCUT2D eigenvalue weighted by Gasteiger charge is -2.02. The van der Waals surface area contributed by atoms with E-state index in [1.54, 1.807) is 0 Å². The Hall–Kier alpha value is -2.56. The van der Waals surface area contributed by atoms with Gasteiger partial charge in [0, 0.05) is 13.0 Å². The average molecular weight is 260 g/mol. The van der Waals surface area contributed by atoms with E-state index in [2.05, 4.69) is 0 Å². The Kier molecular flexibility index (Phi) is 3.97. The van der Waals surface area contributed by atoms with Crippen LogP contribution in [0.2, 0.25) is 0 Å². The fourth-order valence-electron chi connectivity index (χ4n) is 1.42. The SMILES string of the molecule is CC(=O)Oc1ccc(C(=O)OCc2ccccc2)o1. The Morgan fingerprint density at radius 3 is 2.53 bits per heavy atom. The van der Waals surface area contributed by atoms with Crippen LogP contribution in [-0.2, 0) is 16.1 Å². The zero-order valence-corrected chi connectivity index (χ0v) is 10.3. The van der Waals surface area contributed by atoms with Gasteiger partial charge >= 0.3 is 11.9 Å². The van der Waals surface area contributed by atoms with E-state index in [0.717, 1.165) is 5.56 Å². The number of furan rings is 1. The minimum absolute atomic E-state index is 0.00724. The maximum absolute atomic E-state index is 11.7. The molecule has 0 atom stereocenters. The zero-order chi connectivity index (χ0) is 13.7. The molecule has 0 unspecified atom stereocenters. The van der Waals surface area contributed by atoms with Gasteiger partial charge < -0.3 is 13.9 Å². The van der Waals surface area contributed by atoms with E-state index in [0.29, 0.717) is 0 Å². The van der Waals surface area contributed by atoms with Crippen LogP contribution in [0.5, 0.6) is 5.95 Å². The monoisotopic (exact) mass is 260 g/mol. The van der Waals surface area contributed by atoms with Crippen molar-refractivity contribution in [1.29, 1.82) is 0 Å². The zero-order valence-electron chi connectivity index (χ0n) is 10.3. The fraction of sp³-hybridized carbons (Fsp3) is 0.143. The minimum Gasteiger partial charge on any atom is -0.455 e. The van der Waals surface area contributed by atoms with Gasteiger partial charge in [-0.2, -0.15) is 0 Å². The summed E-state index contributed by atoms with van der Waals surface area (Å²) in [5, 5.41) is 0. The van der Waals surface area contributed by atoms with Crippen LogP contribution in [0.3, 0.4) is 0 Å². The summed E-state index contributed by atoms with van der Waals surface area (Å²) < 4.78 is 14.8. The highest BCUT2D eigenvalue weighted by molar-refractivity contribution is 5.86. The predicted molar refractivity (Wildman–Crippen MR) is 65.6 cm³/mol. The van der Waals surface area contributed by atoms with Gasteiger partial charge in [-0.15, -0.1) is 0 Å². The maximum Gasteiger partial charge on any atom is 0.374 e. The maximum atomic E-state index is 11.7. The first-order chi connectivity index (χ1) is 9.15. The Morgan fingerprint density at radius 1 is 1.11 bits per heavy atom. The van der Waals surface area contributed by atoms with Gasteiger partial charge in [0.25, 0.3) is 5.95 Å². The third-order valence-corrected chi connectivity index (χ3v) is 2.24. The van der Waals surface area contributed by atoms with Crippen molar-refractivity contribution in [3.8, 4) is 5.95 Å². The van der Waals surface area contributed by atoms with Gasteiger partial charge in [0.05, 0.1) is 0 Å². The van der Waals surface area contributed by atoms with Gasteiger partial charge in [-0.3, -0.25) is 4.79 Å². The van der Waals surface area contributed by atoms with Gasteiger partial charge in [-0.1, -0.05) is 30.3 Å². The van der Waals surface area contributed by atoms with Crippen LogP contribution < -0.4 is 4.74 Å². The largest absolute Gasteiger partial charge is 0.455 e. The molecule has 98 valence electrons. The molecule has 1 aromatic carbocycles. The Morgan fingerprint density at radius 2 is 1.84 bits per heavy atom. The molecule has 5 heteroatoms. The summed E-state index contributed by atoms with van der Waals surface area (Å²) in [6.07, 6.45) is 0. The quantitative estimate of drug-likeness (QED) is 0.790. The first-order valence-electron chi connectivity index (χ1n) is 5.64. The second-order valence-electron chi connectivity index (χ2n) is 3.77. The molecule has 0 saturated heterocycles. The molecular weight excluding hydrogens is 248 g/mol. The van der Waals surface area contributed by atoms with Gasteiger partial charge in [0.15, 0.2) is 0 Å².